The number of allylic oxidation sites excluding steroid dienone is 2. The lowest BCUT2D eigenvalue weighted by atomic mass is 9.96. The van der Waals surface area contributed by atoms with Crippen molar-refractivity contribution in [1.29, 1.82) is 0 Å². The average molecular weight is 739 g/mol. The minimum absolute atomic E-state index is 0.00669. The number of carbonyl (C=O) groups is 5. The van der Waals surface area contributed by atoms with E-state index < -0.39 is 41.2 Å². The Labute approximate surface area is 307 Å². The summed E-state index contributed by atoms with van der Waals surface area (Å²) < 4.78 is 18.9. The summed E-state index contributed by atoms with van der Waals surface area (Å²) in [6.07, 6.45) is 7.23. The van der Waals surface area contributed by atoms with Gasteiger partial charge in [-0.15, -0.1) is 10.2 Å². The summed E-state index contributed by atoms with van der Waals surface area (Å²) in [7, 11) is 0.417. The first-order chi connectivity index (χ1) is 24.6. The van der Waals surface area contributed by atoms with Crippen molar-refractivity contribution in [3.63, 3.8) is 0 Å². The molecule has 0 spiro atoms. The van der Waals surface area contributed by atoms with E-state index in [9.17, 15) is 28.4 Å². The lowest BCUT2D eigenvalue weighted by Gasteiger charge is -2.31. The molecule has 0 saturated carbocycles. The third-order valence-electron chi connectivity index (χ3n) is 9.31. The topological polar surface area (TPSA) is 164 Å². The third-order valence-corrected chi connectivity index (χ3v) is 10.5. The van der Waals surface area contributed by atoms with E-state index >= 15 is 0 Å². The van der Waals surface area contributed by atoms with Crippen molar-refractivity contribution in [1.82, 2.24) is 31.0 Å². The van der Waals surface area contributed by atoms with E-state index in [0.717, 1.165) is 5.57 Å². The molecule has 1 aromatic heterocycles. The molecular formula is C38H52FN6O6P. The molecule has 4 rings (SSSR count). The van der Waals surface area contributed by atoms with E-state index in [-0.39, 0.29) is 53.4 Å². The fraction of sp³-hybridized carbons (Fsp3) is 0.553. The molecule has 1 saturated heterocycles. The molecule has 2 aliphatic rings. The summed E-state index contributed by atoms with van der Waals surface area (Å²) in [4.78, 5) is 68.3. The Hall–Kier alpha value is -4.25. The zero-order valence-corrected chi connectivity index (χ0v) is 32.1. The van der Waals surface area contributed by atoms with Crippen molar-refractivity contribution in [2.75, 3.05) is 6.54 Å². The van der Waals surface area contributed by atoms with Crippen LogP contribution < -0.4 is 16.0 Å². The van der Waals surface area contributed by atoms with E-state index in [1.54, 1.807) is 13.8 Å². The SMILES string of the molecule is CC1=CC(C(=O)NC(C)(C)CCCCC(=O)NC(C(=O)N2CCC[C@H]2C(=O)NC(C(=O)c2nnc(-c3ccc(F)cc3)o2)C(C)C)C(C)C)PC=C1. The number of amides is 4. The number of halogens is 1. The van der Waals surface area contributed by atoms with Gasteiger partial charge in [-0.05, 0) is 82.6 Å². The Morgan fingerprint density at radius 1 is 0.981 bits per heavy atom. The van der Waals surface area contributed by atoms with Gasteiger partial charge in [0.05, 0.1) is 11.7 Å². The summed E-state index contributed by atoms with van der Waals surface area (Å²) in [6.45, 7) is 13.5. The molecule has 14 heteroatoms. The second-order valence-electron chi connectivity index (χ2n) is 15.0. The molecular weight excluding hydrogens is 686 g/mol. The summed E-state index contributed by atoms with van der Waals surface area (Å²) in [5, 5.41) is 16.6. The minimum atomic E-state index is -1.00. The lowest BCUT2D eigenvalue weighted by Crippen LogP contribution is -2.57. The Kier molecular flexibility index (Phi) is 14.0. The highest BCUT2D eigenvalue weighted by molar-refractivity contribution is 7.44. The van der Waals surface area contributed by atoms with Gasteiger partial charge < -0.3 is 25.3 Å². The van der Waals surface area contributed by atoms with Crippen LogP contribution in [0.3, 0.4) is 0 Å². The molecule has 0 radical (unpaired) electrons. The van der Waals surface area contributed by atoms with Gasteiger partial charge in [0, 0.05) is 24.1 Å². The molecule has 2 aliphatic heterocycles. The van der Waals surface area contributed by atoms with Crippen LogP contribution in [0.4, 0.5) is 4.39 Å². The largest absolute Gasteiger partial charge is 0.414 e. The number of Topliss-reactive ketones (excluding diaryl/α,β-unsaturated/α-hetero) is 1. The maximum Gasteiger partial charge on any atom is 0.286 e. The predicted octanol–water partition coefficient (Wildman–Crippen LogP) is 5.31. The molecule has 0 aliphatic carbocycles. The first-order valence-electron chi connectivity index (χ1n) is 18.0. The molecule has 1 aromatic carbocycles. The van der Waals surface area contributed by atoms with Gasteiger partial charge in [-0.1, -0.05) is 66.2 Å². The van der Waals surface area contributed by atoms with Gasteiger partial charge >= 0.3 is 0 Å². The molecule has 52 heavy (non-hydrogen) atoms. The quantitative estimate of drug-likeness (QED) is 0.119. The number of nitrogens with one attached hydrogen (secondary N) is 3. The number of likely N-dealkylation sites (tertiary alicyclic amines) is 1. The average Bonchev–Trinajstić information content (AvgIpc) is 3.78. The fourth-order valence-corrected chi connectivity index (χ4v) is 7.47. The van der Waals surface area contributed by atoms with Crippen LogP contribution in [0.25, 0.3) is 11.5 Å². The molecule has 4 unspecified atom stereocenters. The second-order valence-corrected chi connectivity index (χ2v) is 16.2. The fourth-order valence-electron chi connectivity index (χ4n) is 6.32. The molecule has 2 aromatic rings. The molecule has 0 bridgehead atoms. The summed E-state index contributed by atoms with van der Waals surface area (Å²) in [5.41, 5.74) is 0.939. The van der Waals surface area contributed by atoms with Crippen LogP contribution >= 0.6 is 8.58 Å². The van der Waals surface area contributed by atoms with Gasteiger partial charge in [-0.25, -0.2) is 4.39 Å². The predicted molar refractivity (Wildman–Crippen MR) is 198 cm³/mol. The number of hydrogen-bond acceptors (Lipinski definition) is 8. The molecule has 282 valence electrons. The number of aromatic nitrogens is 2. The highest BCUT2D eigenvalue weighted by Gasteiger charge is 2.40. The van der Waals surface area contributed by atoms with Crippen molar-refractivity contribution in [3.05, 3.63) is 59.5 Å². The van der Waals surface area contributed by atoms with Crippen LogP contribution in [0.15, 0.2) is 52.2 Å². The maximum atomic E-state index is 13.8. The monoisotopic (exact) mass is 738 g/mol. The van der Waals surface area contributed by atoms with Gasteiger partial charge in [-0.3, -0.25) is 24.0 Å². The van der Waals surface area contributed by atoms with Crippen LogP contribution in [0.5, 0.6) is 0 Å². The number of benzene rings is 1. The molecule has 12 nitrogen and oxygen atoms in total. The van der Waals surface area contributed by atoms with E-state index in [0.29, 0.717) is 52.8 Å². The lowest BCUT2D eigenvalue weighted by molar-refractivity contribution is -0.142. The van der Waals surface area contributed by atoms with Crippen molar-refractivity contribution in [2.45, 2.75) is 116 Å². The number of hydrogen-bond donors (Lipinski definition) is 3. The van der Waals surface area contributed by atoms with E-state index in [4.69, 9.17) is 4.42 Å². The standard InChI is InChI=1S/C38H52FN6O6P/c1-22(2)30(32(47)36-44-43-35(51-36)25-13-15-26(39)16-14-25)41-33(48)27-11-10-19-45(27)37(50)31(23(3)4)40-29(46)12-8-9-18-38(6,7)42-34(49)28-21-24(5)17-20-52-28/h13-17,20-23,27-28,30-31,52H,8-12,18-19H2,1-7H3,(H,40,46)(H,41,48)(H,42,49)/t27-,28?,30?,31?/m0/s1. The van der Waals surface area contributed by atoms with E-state index in [1.165, 1.54) is 29.2 Å². The zero-order chi connectivity index (χ0) is 38.2. The number of nitrogens with zero attached hydrogens (tertiary/aromatic N) is 3. The zero-order valence-electron chi connectivity index (χ0n) is 31.1. The van der Waals surface area contributed by atoms with Gasteiger partial charge in [0.25, 0.3) is 5.89 Å². The smallest absolute Gasteiger partial charge is 0.286 e. The summed E-state index contributed by atoms with van der Waals surface area (Å²) in [5.74, 6) is -0.874. The number of ketones is 1. The molecule has 1 fully saturated rings. The third kappa shape index (κ3) is 10.9. The minimum Gasteiger partial charge on any atom is -0.414 e. The Balaban J connectivity index is 1.30. The maximum absolute atomic E-state index is 13.8. The Bertz CT molecular complexity index is 1670. The number of unbranched alkanes of at least 4 members (excludes halogenated alkanes) is 1. The highest BCUT2D eigenvalue weighted by atomic mass is 31.1. The van der Waals surface area contributed by atoms with Gasteiger partial charge in [-0.2, -0.15) is 0 Å². The van der Waals surface area contributed by atoms with Crippen molar-refractivity contribution in [3.8, 4) is 11.5 Å². The van der Waals surface area contributed by atoms with Crippen molar-refractivity contribution < 1.29 is 32.8 Å². The van der Waals surface area contributed by atoms with Crippen LogP contribution in [-0.2, 0) is 19.2 Å². The number of carbonyl (C=O) groups excluding carboxylic acids is 5. The first-order valence-corrected chi connectivity index (χ1v) is 19.2. The van der Waals surface area contributed by atoms with Crippen LogP contribution in [0.2, 0.25) is 0 Å². The van der Waals surface area contributed by atoms with Crippen LogP contribution in [0.1, 0.15) is 97.7 Å². The van der Waals surface area contributed by atoms with Crippen LogP contribution in [0, 0.1) is 17.7 Å². The molecule has 5 atom stereocenters. The van der Waals surface area contributed by atoms with Gasteiger partial charge in [0.2, 0.25) is 35.3 Å². The summed E-state index contributed by atoms with van der Waals surface area (Å²) in [6, 6.07) is 2.74. The van der Waals surface area contributed by atoms with Crippen LogP contribution in [-0.4, -0.2) is 80.4 Å². The first kappa shape index (κ1) is 40.5. The highest BCUT2D eigenvalue weighted by Crippen LogP contribution is 2.29. The molecule has 3 N–H and O–H groups in total. The van der Waals surface area contributed by atoms with Crippen molar-refractivity contribution in [2.24, 2.45) is 11.8 Å². The second kappa shape index (κ2) is 18.0. The molecule has 4 amide bonds. The van der Waals surface area contributed by atoms with Gasteiger partial charge in [0.15, 0.2) is 0 Å². The Morgan fingerprint density at radius 3 is 2.33 bits per heavy atom. The van der Waals surface area contributed by atoms with Gasteiger partial charge in [0.1, 0.15) is 17.9 Å². The van der Waals surface area contributed by atoms with E-state index in [1.807, 2.05) is 52.6 Å². The molecule has 3 heterocycles. The number of rotatable bonds is 16. The van der Waals surface area contributed by atoms with E-state index in [2.05, 4.69) is 26.1 Å². The Morgan fingerprint density at radius 2 is 1.67 bits per heavy atom. The van der Waals surface area contributed by atoms with Crippen molar-refractivity contribution >= 4 is 38.0 Å². The summed E-state index contributed by atoms with van der Waals surface area (Å²) >= 11 is 0. The normalized spacial score (nSPS) is 19.0.